The molecule has 1 saturated heterocycles. The number of hydrogen-bond acceptors (Lipinski definition) is 4. The summed E-state index contributed by atoms with van der Waals surface area (Å²) in [6, 6.07) is 2.14. The van der Waals surface area contributed by atoms with Crippen LogP contribution in [-0.2, 0) is 16.0 Å². The van der Waals surface area contributed by atoms with Gasteiger partial charge in [0.25, 0.3) is 0 Å². The van der Waals surface area contributed by atoms with Gasteiger partial charge in [0.2, 0.25) is 0 Å². The Morgan fingerprint density at radius 3 is 3.07 bits per heavy atom. The monoisotopic (exact) mass is 291 g/mol. The van der Waals surface area contributed by atoms with Gasteiger partial charge in [0.15, 0.2) is 0 Å². The van der Waals surface area contributed by atoms with Crippen LogP contribution < -0.4 is 5.32 Å². The predicted molar refractivity (Wildman–Crippen MR) is 64.3 cm³/mol. The van der Waals surface area contributed by atoms with Crippen LogP contribution in [0.15, 0.2) is 15.9 Å². The van der Waals surface area contributed by atoms with E-state index in [1.165, 1.54) is 4.88 Å². The molecular weight excluding hydrogens is 278 g/mol. The smallest absolute Gasteiger partial charge is 0.104 e. The van der Waals surface area contributed by atoms with Gasteiger partial charge in [-0.25, -0.2) is 0 Å². The predicted octanol–water partition coefficient (Wildman–Crippen LogP) is 2.02. The maximum Gasteiger partial charge on any atom is 0.104 e. The van der Waals surface area contributed by atoms with Gasteiger partial charge in [0.05, 0.1) is 19.8 Å². The Morgan fingerprint density at radius 2 is 2.47 bits per heavy atom. The van der Waals surface area contributed by atoms with E-state index in [-0.39, 0.29) is 0 Å². The van der Waals surface area contributed by atoms with Crippen LogP contribution in [0.1, 0.15) is 4.88 Å². The fourth-order valence-corrected chi connectivity index (χ4v) is 2.69. The summed E-state index contributed by atoms with van der Waals surface area (Å²) in [6.07, 6.45) is 0.336. The number of halogens is 1. The van der Waals surface area contributed by atoms with Crippen molar-refractivity contribution in [2.24, 2.45) is 0 Å². The highest BCUT2D eigenvalue weighted by atomic mass is 79.9. The SMILES string of the molecule is Brc1csc(CNCCOC2COC2)c1. The summed E-state index contributed by atoms with van der Waals surface area (Å²) in [5.41, 5.74) is 0. The third-order valence-corrected chi connectivity index (χ3v) is 3.86. The van der Waals surface area contributed by atoms with E-state index in [0.717, 1.165) is 37.4 Å². The van der Waals surface area contributed by atoms with E-state index in [0.29, 0.717) is 6.10 Å². The van der Waals surface area contributed by atoms with Crippen LogP contribution >= 0.6 is 27.3 Å². The molecule has 0 saturated carbocycles. The van der Waals surface area contributed by atoms with Crippen molar-refractivity contribution in [3.63, 3.8) is 0 Å². The van der Waals surface area contributed by atoms with Crippen molar-refractivity contribution in [3.8, 4) is 0 Å². The topological polar surface area (TPSA) is 30.5 Å². The van der Waals surface area contributed by atoms with Crippen LogP contribution in [0.25, 0.3) is 0 Å². The third kappa shape index (κ3) is 3.85. The summed E-state index contributed by atoms with van der Waals surface area (Å²) < 4.78 is 11.7. The molecule has 1 fully saturated rings. The minimum atomic E-state index is 0.336. The van der Waals surface area contributed by atoms with E-state index < -0.39 is 0 Å². The zero-order valence-corrected chi connectivity index (χ0v) is 10.8. The molecule has 15 heavy (non-hydrogen) atoms. The van der Waals surface area contributed by atoms with Gasteiger partial charge < -0.3 is 14.8 Å². The molecule has 0 radical (unpaired) electrons. The van der Waals surface area contributed by atoms with E-state index >= 15 is 0 Å². The van der Waals surface area contributed by atoms with Gasteiger partial charge in [-0.2, -0.15) is 0 Å². The molecular formula is C10H14BrNO2S. The van der Waals surface area contributed by atoms with Crippen LogP contribution in [0.2, 0.25) is 0 Å². The number of thiophene rings is 1. The molecule has 1 N–H and O–H groups in total. The fraction of sp³-hybridized carbons (Fsp3) is 0.600. The highest BCUT2D eigenvalue weighted by Gasteiger charge is 2.17. The average Bonchev–Trinajstić information content (AvgIpc) is 2.54. The zero-order chi connectivity index (χ0) is 10.5. The molecule has 1 aliphatic heterocycles. The Labute approximate surface area is 102 Å². The molecule has 0 bridgehead atoms. The van der Waals surface area contributed by atoms with Crippen molar-refractivity contribution in [1.29, 1.82) is 0 Å². The van der Waals surface area contributed by atoms with E-state index in [2.05, 4.69) is 32.7 Å². The van der Waals surface area contributed by atoms with Crippen LogP contribution in [0.5, 0.6) is 0 Å². The Balaban J connectivity index is 1.51. The fourth-order valence-electron chi connectivity index (χ4n) is 1.27. The number of nitrogens with one attached hydrogen (secondary N) is 1. The summed E-state index contributed by atoms with van der Waals surface area (Å²) in [7, 11) is 0. The van der Waals surface area contributed by atoms with Crippen LogP contribution in [0.4, 0.5) is 0 Å². The molecule has 0 aromatic carbocycles. The number of ether oxygens (including phenoxy) is 2. The second-order valence-electron chi connectivity index (χ2n) is 3.44. The Hall–Kier alpha value is 0.0600. The lowest BCUT2D eigenvalue weighted by Gasteiger charge is -2.25. The van der Waals surface area contributed by atoms with Crippen molar-refractivity contribution >= 4 is 27.3 Å². The molecule has 1 aromatic heterocycles. The normalized spacial score (nSPS) is 16.6. The van der Waals surface area contributed by atoms with E-state index in [1.54, 1.807) is 11.3 Å². The van der Waals surface area contributed by atoms with Gasteiger partial charge in [-0.15, -0.1) is 11.3 Å². The average molecular weight is 292 g/mol. The molecule has 0 amide bonds. The molecule has 0 unspecified atom stereocenters. The first-order valence-electron chi connectivity index (χ1n) is 4.97. The number of hydrogen-bond donors (Lipinski definition) is 1. The van der Waals surface area contributed by atoms with Gasteiger partial charge in [-0.05, 0) is 22.0 Å². The van der Waals surface area contributed by atoms with Crippen LogP contribution in [-0.4, -0.2) is 32.5 Å². The lowest BCUT2D eigenvalue weighted by atomic mass is 10.3. The minimum Gasteiger partial charge on any atom is -0.376 e. The molecule has 1 aliphatic rings. The standard InChI is InChI=1S/C10H14BrNO2S/c11-8-3-10(15-7-8)4-12-1-2-14-9-5-13-6-9/h3,7,9,12H,1-2,4-6H2. The van der Waals surface area contributed by atoms with Gasteiger partial charge in [0.1, 0.15) is 6.10 Å². The molecule has 0 atom stereocenters. The Bertz CT molecular complexity index is 301. The summed E-state index contributed by atoms with van der Waals surface area (Å²) in [5, 5.41) is 5.44. The van der Waals surface area contributed by atoms with E-state index in [1.807, 2.05) is 0 Å². The molecule has 0 aliphatic carbocycles. The first kappa shape index (κ1) is 11.5. The van der Waals surface area contributed by atoms with E-state index in [4.69, 9.17) is 9.47 Å². The van der Waals surface area contributed by atoms with E-state index in [9.17, 15) is 0 Å². The first-order valence-corrected chi connectivity index (χ1v) is 6.65. The highest BCUT2D eigenvalue weighted by molar-refractivity contribution is 9.10. The van der Waals surface area contributed by atoms with Crippen molar-refractivity contribution < 1.29 is 9.47 Å². The van der Waals surface area contributed by atoms with Crippen molar-refractivity contribution in [2.45, 2.75) is 12.6 Å². The lowest BCUT2D eigenvalue weighted by Crippen LogP contribution is -2.37. The van der Waals surface area contributed by atoms with Gasteiger partial charge in [0, 0.05) is 27.8 Å². The molecule has 5 heteroatoms. The lowest BCUT2D eigenvalue weighted by molar-refractivity contribution is -0.128. The summed E-state index contributed by atoms with van der Waals surface area (Å²) in [4.78, 5) is 1.34. The molecule has 1 aromatic rings. The largest absolute Gasteiger partial charge is 0.376 e. The van der Waals surface area contributed by atoms with Gasteiger partial charge >= 0.3 is 0 Å². The van der Waals surface area contributed by atoms with Gasteiger partial charge in [-0.3, -0.25) is 0 Å². The second-order valence-corrected chi connectivity index (χ2v) is 5.35. The molecule has 84 valence electrons. The molecule has 2 rings (SSSR count). The highest BCUT2D eigenvalue weighted by Crippen LogP contribution is 2.19. The summed E-state index contributed by atoms with van der Waals surface area (Å²) in [5.74, 6) is 0. The van der Waals surface area contributed by atoms with Crippen LogP contribution in [0.3, 0.4) is 0 Å². The third-order valence-electron chi connectivity index (χ3n) is 2.16. The Kier molecular flexibility index (Phi) is 4.59. The second kappa shape index (κ2) is 5.96. The first-order chi connectivity index (χ1) is 7.34. The summed E-state index contributed by atoms with van der Waals surface area (Å²) >= 11 is 5.19. The summed E-state index contributed by atoms with van der Waals surface area (Å²) in [6.45, 7) is 4.10. The van der Waals surface area contributed by atoms with Crippen molar-refractivity contribution in [2.75, 3.05) is 26.4 Å². The molecule has 2 heterocycles. The maximum atomic E-state index is 5.53. The Morgan fingerprint density at radius 1 is 1.60 bits per heavy atom. The van der Waals surface area contributed by atoms with Crippen molar-refractivity contribution in [1.82, 2.24) is 5.32 Å². The zero-order valence-electron chi connectivity index (χ0n) is 8.37. The quantitative estimate of drug-likeness (QED) is 0.814. The molecule has 0 spiro atoms. The number of rotatable bonds is 6. The maximum absolute atomic E-state index is 5.53. The minimum absolute atomic E-state index is 0.336. The van der Waals surface area contributed by atoms with Gasteiger partial charge in [-0.1, -0.05) is 0 Å². The molecule has 3 nitrogen and oxygen atoms in total. The van der Waals surface area contributed by atoms with Crippen molar-refractivity contribution in [3.05, 3.63) is 20.8 Å². The van der Waals surface area contributed by atoms with Crippen LogP contribution in [0, 0.1) is 0 Å².